The molecule has 0 aromatic heterocycles. The first-order valence-corrected chi connectivity index (χ1v) is 9.81. The summed E-state index contributed by atoms with van der Waals surface area (Å²) in [5.74, 6) is -1.06. The van der Waals surface area contributed by atoms with Gasteiger partial charge < -0.3 is 35.8 Å². The summed E-state index contributed by atoms with van der Waals surface area (Å²) in [5, 5.41) is 44.9. The molecule has 1 aromatic rings. The highest BCUT2D eigenvalue weighted by Gasteiger charge is 2.28. The van der Waals surface area contributed by atoms with E-state index in [-0.39, 0.29) is 23.4 Å². The Morgan fingerprint density at radius 2 is 1.23 bits per heavy atom. The Bertz CT molecular complexity index is 738. The Hall–Kier alpha value is -2.60. The maximum atomic E-state index is 12.9. The number of nitrogens with one attached hydrogen (secondary N) is 2. The molecule has 11 heteroatoms. The molecule has 1 rings (SSSR count). The number of rotatable bonds is 12. The second-order valence-corrected chi connectivity index (χ2v) is 7.27. The molecule has 31 heavy (non-hydrogen) atoms. The number of aliphatic hydroxyl groups is 4. The maximum Gasteiger partial charge on any atom is 0.252 e. The minimum absolute atomic E-state index is 0.105. The smallest absolute Gasteiger partial charge is 0.252 e. The molecule has 0 fully saturated rings. The van der Waals surface area contributed by atoms with Crippen LogP contribution in [0.25, 0.3) is 0 Å². The second kappa shape index (κ2) is 12.3. The minimum Gasteiger partial charge on any atom is -0.488 e. The van der Waals surface area contributed by atoms with Crippen LogP contribution in [0, 0.1) is 25.7 Å². The summed E-state index contributed by atoms with van der Waals surface area (Å²) in [6.07, 6.45) is -0.630. The second-order valence-electron chi connectivity index (χ2n) is 7.27. The van der Waals surface area contributed by atoms with Gasteiger partial charge in [0.2, 0.25) is 0 Å². The predicted octanol–water partition coefficient (Wildman–Crippen LogP) is -0.688. The number of hydrogen-bond acceptors (Lipinski definition) is 9. The minimum atomic E-state index is -0.902. The zero-order valence-electron chi connectivity index (χ0n) is 18.1. The molecular formula is C20H31N3O8. The number of hydrogen-bond donors (Lipinski definition) is 6. The van der Waals surface area contributed by atoms with Crippen LogP contribution < -0.4 is 15.4 Å². The molecule has 0 spiro atoms. The molecule has 1 unspecified atom stereocenters. The normalized spacial score (nSPS) is 12.1. The Morgan fingerprint density at radius 3 is 1.55 bits per heavy atom. The zero-order valence-corrected chi connectivity index (χ0v) is 18.1. The standard InChI is InChI=1S/C20H31N3O8/c1-10(5-21-30)31-18-12(3)16(19(28)22-14(6-24)7-25)11(2)17(13(18)4)20(29)23-15(8-26)9-27/h10,14-15,24-27H,5-9H2,1-4H3,(H,22,28)(H,23,29). The average Bonchev–Trinajstić information content (AvgIpc) is 2.73. The summed E-state index contributed by atoms with van der Waals surface area (Å²) >= 11 is 0. The highest BCUT2D eigenvalue weighted by Crippen LogP contribution is 2.34. The van der Waals surface area contributed by atoms with Crippen LogP contribution in [0.3, 0.4) is 0 Å². The predicted molar refractivity (Wildman–Crippen MR) is 112 cm³/mol. The van der Waals surface area contributed by atoms with Crippen molar-refractivity contribution in [1.82, 2.24) is 10.6 Å². The van der Waals surface area contributed by atoms with Gasteiger partial charge >= 0.3 is 0 Å². The molecule has 0 saturated heterocycles. The third-order valence-electron chi connectivity index (χ3n) is 4.84. The van der Waals surface area contributed by atoms with Crippen molar-refractivity contribution in [3.63, 3.8) is 0 Å². The molecule has 0 aliphatic rings. The largest absolute Gasteiger partial charge is 0.488 e. The van der Waals surface area contributed by atoms with E-state index in [1.165, 1.54) is 0 Å². The van der Waals surface area contributed by atoms with Gasteiger partial charge in [-0.3, -0.25) is 9.59 Å². The molecule has 1 atom stereocenters. The number of aliphatic hydroxyl groups excluding tert-OH is 4. The topological polar surface area (TPSA) is 178 Å². The Kier molecular flexibility index (Phi) is 10.5. The Morgan fingerprint density at radius 1 is 0.839 bits per heavy atom. The molecule has 0 aliphatic carbocycles. The van der Waals surface area contributed by atoms with Crippen LogP contribution in [0.15, 0.2) is 5.18 Å². The molecule has 11 nitrogen and oxygen atoms in total. The van der Waals surface area contributed by atoms with Gasteiger partial charge in [-0.25, -0.2) is 0 Å². The first-order chi connectivity index (χ1) is 14.7. The number of nitroso groups, excluding NO2 is 1. The lowest BCUT2D eigenvalue weighted by Crippen LogP contribution is -2.42. The van der Waals surface area contributed by atoms with E-state index >= 15 is 0 Å². The fraction of sp³-hybridized carbons (Fsp3) is 0.600. The van der Waals surface area contributed by atoms with Crippen LogP contribution in [0.5, 0.6) is 5.75 Å². The van der Waals surface area contributed by atoms with Crippen molar-refractivity contribution in [1.29, 1.82) is 0 Å². The van der Waals surface area contributed by atoms with Gasteiger partial charge in [-0.15, -0.1) is 0 Å². The summed E-state index contributed by atoms with van der Waals surface area (Å²) in [5.41, 5.74) is 1.32. The molecule has 1 aromatic carbocycles. The molecule has 0 aliphatic heterocycles. The van der Waals surface area contributed by atoms with Gasteiger partial charge in [0.1, 0.15) is 18.4 Å². The van der Waals surface area contributed by atoms with E-state index in [1.54, 1.807) is 27.7 Å². The number of amides is 2. The van der Waals surface area contributed by atoms with Crippen molar-refractivity contribution >= 4 is 11.8 Å². The van der Waals surface area contributed by atoms with Crippen LogP contribution >= 0.6 is 0 Å². The summed E-state index contributed by atoms with van der Waals surface area (Å²) in [6.45, 7) is 4.31. The van der Waals surface area contributed by atoms with Crippen LogP contribution in [0.2, 0.25) is 0 Å². The van der Waals surface area contributed by atoms with Gasteiger partial charge in [-0.05, 0) is 33.3 Å². The Balaban J connectivity index is 3.62. The fourth-order valence-corrected chi connectivity index (χ4v) is 3.21. The van der Waals surface area contributed by atoms with E-state index in [1.807, 2.05) is 0 Å². The van der Waals surface area contributed by atoms with Crippen LogP contribution in [0.1, 0.15) is 44.3 Å². The summed E-state index contributed by atoms with van der Waals surface area (Å²) in [4.78, 5) is 36.5. The third kappa shape index (κ3) is 6.44. The lowest BCUT2D eigenvalue weighted by atomic mass is 9.90. The number of ether oxygens (including phenoxy) is 1. The quantitative estimate of drug-likeness (QED) is 0.231. The number of nitrogens with zero attached hydrogens (tertiary/aromatic N) is 1. The highest BCUT2D eigenvalue weighted by molar-refractivity contribution is 6.05. The van der Waals surface area contributed by atoms with Gasteiger partial charge in [-0.2, -0.15) is 4.91 Å². The SMILES string of the molecule is Cc1c(OC(C)CN=O)c(C)c(C(=O)NC(CO)CO)c(C)c1C(=O)NC(CO)CO. The molecule has 174 valence electrons. The van der Waals surface area contributed by atoms with Gasteiger partial charge in [-0.1, -0.05) is 5.18 Å². The van der Waals surface area contributed by atoms with Crippen molar-refractivity contribution in [3.8, 4) is 5.75 Å². The average molecular weight is 441 g/mol. The monoisotopic (exact) mass is 441 g/mol. The molecule has 2 amide bonds. The van der Waals surface area contributed by atoms with Crippen LogP contribution in [-0.2, 0) is 0 Å². The first-order valence-electron chi connectivity index (χ1n) is 9.81. The molecular weight excluding hydrogens is 410 g/mol. The molecule has 0 heterocycles. The van der Waals surface area contributed by atoms with E-state index in [0.717, 1.165) is 0 Å². The third-order valence-corrected chi connectivity index (χ3v) is 4.84. The van der Waals surface area contributed by atoms with E-state index < -0.39 is 56.4 Å². The van der Waals surface area contributed by atoms with Gasteiger partial charge in [0.15, 0.2) is 0 Å². The van der Waals surface area contributed by atoms with Gasteiger partial charge in [0.05, 0.1) is 38.5 Å². The van der Waals surface area contributed by atoms with Crippen molar-refractivity contribution in [2.24, 2.45) is 5.18 Å². The van der Waals surface area contributed by atoms with Crippen molar-refractivity contribution in [2.75, 3.05) is 33.0 Å². The van der Waals surface area contributed by atoms with E-state index in [4.69, 9.17) is 4.74 Å². The Labute approximate surface area is 180 Å². The van der Waals surface area contributed by atoms with Crippen molar-refractivity contribution in [2.45, 2.75) is 45.9 Å². The molecule has 0 saturated carbocycles. The highest BCUT2D eigenvalue weighted by atomic mass is 16.5. The molecule has 6 N–H and O–H groups in total. The van der Waals surface area contributed by atoms with Gasteiger partial charge in [0.25, 0.3) is 11.8 Å². The number of carbonyl (C=O) groups excluding carboxylic acids is 2. The summed E-state index contributed by atoms with van der Waals surface area (Å²) in [6, 6.07) is -1.80. The first kappa shape index (κ1) is 26.4. The molecule has 0 bridgehead atoms. The lowest BCUT2D eigenvalue weighted by molar-refractivity contribution is 0.0873. The zero-order chi connectivity index (χ0) is 23.7. The number of benzene rings is 1. The van der Waals surface area contributed by atoms with Crippen LogP contribution in [0.4, 0.5) is 0 Å². The number of carbonyl (C=O) groups is 2. The maximum absolute atomic E-state index is 12.9. The van der Waals surface area contributed by atoms with E-state index in [2.05, 4.69) is 15.8 Å². The van der Waals surface area contributed by atoms with E-state index in [9.17, 15) is 34.9 Å². The van der Waals surface area contributed by atoms with E-state index in [0.29, 0.717) is 16.7 Å². The fourth-order valence-electron chi connectivity index (χ4n) is 3.21. The summed E-state index contributed by atoms with van der Waals surface area (Å²) in [7, 11) is 0. The van der Waals surface area contributed by atoms with Gasteiger partial charge in [0, 0.05) is 22.3 Å². The van der Waals surface area contributed by atoms with Crippen molar-refractivity contribution < 1.29 is 34.8 Å². The van der Waals surface area contributed by atoms with Crippen LogP contribution in [-0.4, -0.2) is 83.4 Å². The summed E-state index contributed by atoms with van der Waals surface area (Å²) < 4.78 is 5.82. The van der Waals surface area contributed by atoms with Crippen molar-refractivity contribution in [3.05, 3.63) is 32.7 Å². The lowest BCUT2D eigenvalue weighted by Gasteiger charge is -2.25. The molecule has 0 radical (unpaired) electrons.